The second-order valence-electron chi connectivity index (χ2n) is 5.48. The Bertz CT molecular complexity index is 175. The summed E-state index contributed by atoms with van der Waals surface area (Å²) in [6.07, 6.45) is 2.97. The van der Waals surface area contributed by atoms with Crippen LogP contribution in [0.3, 0.4) is 0 Å². The van der Waals surface area contributed by atoms with Crippen molar-refractivity contribution in [3.05, 3.63) is 0 Å². The average Bonchev–Trinajstić information content (AvgIpc) is 2.07. The van der Waals surface area contributed by atoms with Crippen LogP contribution in [-0.2, 0) is 4.74 Å². The standard InChI is InChI=1S/C12H25NO/c1-10(2)14-9-11-6-7-12(3,4)13(5)8-11/h10-11H,6-9H2,1-5H3/t11-/m1/s1. The van der Waals surface area contributed by atoms with Crippen molar-refractivity contribution in [1.82, 2.24) is 4.90 Å². The number of hydrogen-bond acceptors (Lipinski definition) is 2. The van der Waals surface area contributed by atoms with Crippen LogP contribution < -0.4 is 0 Å². The maximum Gasteiger partial charge on any atom is 0.0519 e. The number of rotatable bonds is 3. The maximum absolute atomic E-state index is 5.67. The molecule has 1 atom stereocenters. The first-order chi connectivity index (χ1) is 6.42. The molecule has 0 aliphatic carbocycles. The average molecular weight is 199 g/mol. The molecule has 2 nitrogen and oxygen atoms in total. The molecule has 84 valence electrons. The van der Waals surface area contributed by atoms with Crippen molar-refractivity contribution in [1.29, 1.82) is 0 Å². The van der Waals surface area contributed by atoms with Crippen molar-refractivity contribution in [2.24, 2.45) is 5.92 Å². The fourth-order valence-electron chi connectivity index (χ4n) is 1.94. The molecule has 14 heavy (non-hydrogen) atoms. The van der Waals surface area contributed by atoms with Gasteiger partial charge in [0.2, 0.25) is 0 Å². The molecule has 2 heteroatoms. The first-order valence-electron chi connectivity index (χ1n) is 5.74. The minimum Gasteiger partial charge on any atom is -0.378 e. The molecular formula is C12H25NO. The second-order valence-corrected chi connectivity index (χ2v) is 5.48. The number of piperidine rings is 1. The molecular weight excluding hydrogens is 174 g/mol. The summed E-state index contributed by atoms with van der Waals surface area (Å²) in [5.74, 6) is 0.732. The molecule has 1 saturated heterocycles. The van der Waals surface area contributed by atoms with Crippen LogP contribution in [0.15, 0.2) is 0 Å². The zero-order valence-corrected chi connectivity index (χ0v) is 10.3. The Labute approximate surface area is 88.6 Å². The summed E-state index contributed by atoms with van der Waals surface area (Å²) in [4.78, 5) is 2.46. The third-order valence-electron chi connectivity index (χ3n) is 3.40. The summed E-state index contributed by atoms with van der Waals surface area (Å²) in [5, 5.41) is 0. The van der Waals surface area contributed by atoms with Crippen LogP contribution in [0, 0.1) is 5.92 Å². The predicted octanol–water partition coefficient (Wildman–Crippen LogP) is 2.53. The zero-order chi connectivity index (χ0) is 10.8. The highest BCUT2D eigenvalue weighted by Crippen LogP contribution is 2.29. The molecule has 0 aromatic heterocycles. The lowest BCUT2D eigenvalue weighted by atomic mass is 9.86. The summed E-state index contributed by atoms with van der Waals surface area (Å²) in [5.41, 5.74) is 0.383. The molecule has 0 spiro atoms. The van der Waals surface area contributed by atoms with E-state index in [1.807, 2.05) is 0 Å². The molecule has 1 fully saturated rings. The second kappa shape index (κ2) is 4.63. The van der Waals surface area contributed by atoms with Crippen LogP contribution in [0.2, 0.25) is 0 Å². The number of likely N-dealkylation sites (tertiary alicyclic amines) is 1. The van der Waals surface area contributed by atoms with Crippen molar-refractivity contribution in [3.8, 4) is 0 Å². The normalized spacial score (nSPS) is 28.3. The van der Waals surface area contributed by atoms with E-state index in [4.69, 9.17) is 4.74 Å². The van der Waals surface area contributed by atoms with E-state index in [0.717, 1.165) is 12.5 Å². The molecule has 1 heterocycles. The van der Waals surface area contributed by atoms with E-state index in [2.05, 4.69) is 39.6 Å². The number of ether oxygens (including phenoxy) is 1. The molecule has 0 saturated carbocycles. The van der Waals surface area contributed by atoms with Gasteiger partial charge in [0.1, 0.15) is 0 Å². The van der Waals surface area contributed by atoms with E-state index < -0.39 is 0 Å². The van der Waals surface area contributed by atoms with Gasteiger partial charge < -0.3 is 9.64 Å². The van der Waals surface area contributed by atoms with Gasteiger partial charge in [0.15, 0.2) is 0 Å². The molecule has 1 aliphatic heterocycles. The topological polar surface area (TPSA) is 12.5 Å². The monoisotopic (exact) mass is 199 g/mol. The van der Waals surface area contributed by atoms with Gasteiger partial charge in [0.05, 0.1) is 12.7 Å². The molecule has 0 radical (unpaired) electrons. The number of hydrogen-bond donors (Lipinski definition) is 0. The first-order valence-corrected chi connectivity index (χ1v) is 5.74. The van der Waals surface area contributed by atoms with Crippen LogP contribution in [0.25, 0.3) is 0 Å². The quantitative estimate of drug-likeness (QED) is 0.692. The van der Waals surface area contributed by atoms with Crippen molar-refractivity contribution in [2.75, 3.05) is 20.2 Å². The molecule has 1 rings (SSSR count). The summed E-state index contributed by atoms with van der Waals surface area (Å²) in [6, 6.07) is 0. The van der Waals surface area contributed by atoms with Crippen LogP contribution in [0.5, 0.6) is 0 Å². The zero-order valence-electron chi connectivity index (χ0n) is 10.3. The van der Waals surface area contributed by atoms with Crippen molar-refractivity contribution in [3.63, 3.8) is 0 Å². The van der Waals surface area contributed by atoms with Gasteiger partial charge in [-0.15, -0.1) is 0 Å². The smallest absolute Gasteiger partial charge is 0.0519 e. The Morgan fingerprint density at radius 1 is 1.43 bits per heavy atom. The Morgan fingerprint density at radius 3 is 2.57 bits per heavy atom. The summed E-state index contributed by atoms with van der Waals surface area (Å²) >= 11 is 0. The van der Waals surface area contributed by atoms with Crippen molar-refractivity contribution in [2.45, 2.75) is 52.2 Å². The molecule has 0 N–H and O–H groups in total. The highest BCUT2D eigenvalue weighted by Gasteiger charge is 2.31. The van der Waals surface area contributed by atoms with E-state index in [1.165, 1.54) is 19.4 Å². The van der Waals surface area contributed by atoms with Gasteiger partial charge in [-0.25, -0.2) is 0 Å². The predicted molar refractivity (Wildman–Crippen MR) is 60.5 cm³/mol. The molecule has 0 aromatic rings. The van der Waals surface area contributed by atoms with Crippen LogP contribution in [0.4, 0.5) is 0 Å². The lowest BCUT2D eigenvalue weighted by Crippen LogP contribution is -2.48. The Hall–Kier alpha value is -0.0800. The third-order valence-corrected chi connectivity index (χ3v) is 3.40. The van der Waals surface area contributed by atoms with Crippen LogP contribution >= 0.6 is 0 Å². The van der Waals surface area contributed by atoms with Gasteiger partial charge >= 0.3 is 0 Å². The molecule has 0 unspecified atom stereocenters. The maximum atomic E-state index is 5.67. The van der Waals surface area contributed by atoms with Gasteiger partial charge in [-0.05, 0) is 53.5 Å². The van der Waals surface area contributed by atoms with Gasteiger partial charge in [-0.2, -0.15) is 0 Å². The Kier molecular flexibility index (Phi) is 3.96. The fourth-order valence-corrected chi connectivity index (χ4v) is 1.94. The highest BCUT2D eigenvalue weighted by molar-refractivity contribution is 4.86. The molecule has 0 aromatic carbocycles. The fraction of sp³-hybridized carbons (Fsp3) is 1.00. The van der Waals surface area contributed by atoms with E-state index in [9.17, 15) is 0 Å². The van der Waals surface area contributed by atoms with Gasteiger partial charge in [0.25, 0.3) is 0 Å². The van der Waals surface area contributed by atoms with Gasteiger partial charge in [-0.3, -0.25) is 0 Å². The minimum absolute atomic E-state index is 0.371. The lowest BCUT2D eigenvalue weighted by molar-refractivity contribution is 0.0000677. The van der Waals surface area contributed by atoms with Crippen molar-refractivity contribution < 1.29 is 4.74 Å². The van der Waals surface area contributed by atoms with E-state index in [-0.39, 0.29) is 0 Å². The highest BCUT2D eigenvalue weighted by atomic mass is 16.5. The summed E-state index contributed by atoms with van der Waals surface area (Å²) in [7, 11) is 2.22. The minimum atomic E-state index is 0.371. The largest absolute Gasteiger partial charge is 0.378 e. The third kappa shape index (κ3) is 3.25. The lowest BCUT2D eigenvalue weighted by Gasteiger charge is -2.43. The SMILES string of the molecule is CC(C)OC[C@@H]1CCC(C)(C)N(C)C1. The number of nitrogens with zero attached hydrogens (tertiary/aromatic N) is 1. The van der Waals surface area contributed by atoms with E-state index >= 15 is 0 Å². The molecule has 1 aliphatic rings. The van der Waals surface area contributed by atoms with Crippen LogP contribution in [-0.4, -0.2) is 36.7 Å². The van der Waals surface area contributed by atoms with Crippen molar-refractivity contribution >= 4 is 0 Å². The Balaban J connectivity index is 2.32. The van der Waals surface area contributed by atoms with Gasteiger partial charge in [-0.1, -0.05) is 0 Å². The Morgan fingerprint density at radius 2 is 2.07 bits per heavy atom. The van der Waals surface area contributed by atoms with E-state index in [1.54, 1.807) is 0 Å². The van der Waals surface area contributed by atoms with E-state index in [0.29, 0.717) is 11.6 Å². The molecule has 0 bridgehead atoms. The molecule has 0 amide bonds. The first kappa shape index (κ1) is 12.0. The summed E-state index contributed by atoms with van der Waals surface area (Å²) in [6.45, 7) is 11.0. The van der Waals surface area contributed by atoms with Crippen LogP contribution in [0.1, 0.15) is 40.5 Å². The summed E-state index contributed by atoms with van der Waals surface area (Å²) < 4.78 is 5.67. The van der Waals surface area contributed by atoms with Gasteiger partial charge in [0, 0.05) is 12.1 Å².